The third-order valence-corrected chi connectivity index (χ3v) is 3.84. The number of hydrogen-bond donors (Lipinski definition) is 0. The highest BCUT2D eigenvalue weighted by atomic mass is 35.5. The van der Waals surface area contributed by atoms with E-state index in [1.165, 1.54) is 6.07 Å². The summed E-state index contributed by atoms with van der Waals surface area (Å²) in [5.41, 5.74) is 0.547. The first-order valence-corrected chi connectivity index (χ1v) is 6.14. The molecule has 0 saturated carbocycles. The Labute approximate surface area is 105 Å². The van der Waals surface area contributed by atoms with Crippen molar-refractivity contribution in [1.82, 2.24) is 0 Å². The van der Waals surface area contributed by atoms with Gasteiger partial charge in [-0.3, -0.25) is 0 Å². The van der Waals surface area contributed by atoms with E-state index >= 15 is 0 Å². The van der Waals surface area contributed by atoms with Gasteiger partial charge in [-0.2, -0.15) is 0 Å². The Balaban J connectivity index is 2.13. The van der Waals surface area contributed by atoms with Crippen LogP contribution in [0.25, 0.3) is 0 Å². The van der Waals surface area contributed by atoms with Crippen molar-refractivity contribution in [3.05, 3.63) is 34.6 Å². The van der Waals surface area contributed by atoms with Gasteiger partial charge in [0, 0.05) is 28.5 Å². The molecule has 16 heavy (non-hydrogen) atoms. The maximum absolute atomic E-state index is 13.6. The van der Waals surface area contributed by atoms with E-state index in [9.17, 15) is 4.39 Å². The molecule has 0 radical (unpaired) electrons. The molecule has 88 valence electrons. The molecule has 0 bridgehead atoms. The first-order chi connectivity index (χ1) is 7.68. The van der Waals surface area contributed by atoms with Gasteiger partial charge in [0.1, 0.15) is 5.82 Å². The van der Waals surface area contributed by atoms with Crippen LogP contribution in [-0.2, 0) is 11.2 Å². The Kier molecular flexibility index (Phi) is 4.06. The highest BCUT2D eigenvalue weighted by Crippen LogP contribution is 2.28. The summed E-state index contributed by atoms with van der Waals surface area (Å²) in [6.07, 6.45) is 1.36. The van der Waals surface area contributed by atoms with Crippen LogP contribution in [0.1, 0.15) is 12.0 Å². The quantitative estimate of drug-likeness (QED) is 0.740. The van der Waals surface area contributed by atoms with E-state index in [1.54, 1.807) is 12.1 Å². The minimum absolute atomic E-state index is 0.0458. The fourth-order valence-corrected chi connectivity index (χ4v) is 2.44. The number of ether oxygens (including phenoxy) is 1. The first-order valence-electron chi connectivity index (χ1n) is 5.33. The van der Waals surface area contributed by atoms with Gasteiger partial charge in [0.05, 0.1) is 6.61 Å². The minimum atomic E-state index is -0.262. The Morgan fingerprint density at radius 2 is 2.25 bits per heavy atom. The normalized spacial score (nSPS) is 25.7. The Morgan fingerprint density at radius 1 is 1.44 bits per heavy atom. The summed E-state index contributed by atoms with van der Waals surface area (Å²) in [5.74, 6) is -0.119. The molecule has 1 fully saturated rings. The molecule has 0 amide bonds. The summed E-state index contributed by atoms with van der Waals surface area (Å²) < 4.78 is 18.9. The fraction of sp³-hybridized carbons (Fsp3) is 0.500. The zero-order chi connectivity index (χ0) is 11.5. The largest absolute Gasteiger partial charge is 0.381 e. The molecule has 1 saturated heterocycles. The van der Waals surface area contributed by atoms with Crippen LogP contribution in [0.5, 0.6) is 0 Å². The maximum Gasteiger partial charge on any atom is 0.127 e. The van der Waals surface area contributed by atoms with Gasteiger partial charge >= 0.3 is 0 Å². The van der Waals surface area contributed by atoms with Crippen molar-refractivity contribution >= 4 is 23.2 Å². The molecule has 1 nitrogen and oxygen atoms in total. The minimum Gasteiger partial charge on any atom is -0.381 e. The van der Waals surface area contributed by atoms with E-state index in [2.05, 4.69) is 0 Å². The van der Waals surface area contributed by atoms with Gasteiger partial charge in [0.15, 0.2) is 0 Å². The molecule has 0 aromatic heterocycles. The second-order valence-electron chi connectivity index (χ2n) is 4.04. The van der Waals surface area contributed by atoms with E-state index in [0.29, 0.717) is 30.2 Å². The first kappa shape index (κ1) is 12.2. The van der Waals surface area contributed by atoms with Crippen molar-refractivity contribution in [1.29, 1.82) is 0 Å². The standard InChI is InChI=1S/C12H13Cl2FO/c13-10-4-5-16-7-8(10)6-9-11(14)2-1-3-12(9)15/h1-3,8,10H,4-7H2. The second kappa shape index (κ2) is 5.35. The SMILES string of the molecule is Fc1cccc(Cl)c1CC1COCCC1Cl. The van der Waals surface area contributed by atoms with Gasteiger partial charge in [0.25, 0.3) is 0 Å². The molecule has 2 unspecified atom stereocenters. The topological polar surface area (TPSA) is 9.23 Å². The molecular weight excluding hydrogens is 250 g/mol. The number of hydrogen-bond acceptors (Lipinski definition) is 1. The van der Waals surface area contributed by atoms with Crippen LogP contribution >= 0.6 is 23.2 Å². The van der Waals surface area contributed by atoms with E-state index < -0.39 is 0 Å². The molecule has 0 aliphatic carbocycles. The summed E-state index contributed by atoms with van der Waals surface area (Å²) in [6.45, 7) is 1.27. The third-order valence-electron chi connectivity index (χ3n) is 2.91. The predicted octanol–water partition coefficient (Wildman–Crippen LogP) is 3.67. The van der Waals surface area contributed by atoms with Crippen molar-refractivity contribution in [2.45, 2.75) is 18.2 Å². The zero-order valence-corrected chi connectivity index (χ0v) is 10.3. The lowest BCUT2D eigenvalue weighted by Crippen LogP contribution is -2.30. The van der Waals surface area contributed by atoms with E-state index in [1.807, 2.05) is 0 Å². The van der Waals surface area contributed by atoms with Gasteiger partial charge < -0.3 is 4.74 Å². The molecule has 0 N–H and O–H groups in total. The third kappa shape index (κ3) is 2.68. The molecule has 2 atom stereocenters. The van der Waals surface area contributed by atoms with Gasteiger partial charge in [0.2, 0.25) is 0 Å². The molecule has 1 aliphatic rings. The summed E-state index contributed by atoms with van der Waals surface area (Å²) in [5, 5.41) is 0.513. The molecule has 2 rings (SSSR count). The molecule has 1 aromatic carbocycles. The van der Waals surface area contributed by atoms with Crippen molar-refractivity contribution in [3.63, 3.8) is 0 Å². The summed E-state index contributed by atoms with van der Waals surface area (Å²) >= 11 is 12.2. The Morgan fingerprint density at radius 3 is 2.94 bits per heavy atom. The van der Waals surface area contributed by atoms with Gasteiger partial charge in [-0.25, -0.2) is 4.39 Å². The van der Waals surface area contributed by atoms with Crippen LogP contribution in [0, 0.1) is 11.7 Å². The average molecular weight is 263 g/mol. The van der Waals surface area contributed by atoms with Gasteiger partial charge in [-0.15, -0.1) is 11.6 Å². The number of benzene rings is 1. The molecule has 4 heteroatoms. The van der Waals surface area contributed by atoms with Crippen LogP contribution in [0.3, 0.4) is 0 Å². The van der Waals surface area contributed by atoms with Crippen LogP contribution in [-0.4, -0.2) is 18.6 Å². The summed E-state index contributed by atoms with van der Waals surface area (Å²) in [6, 6.07) is 4.73. The van der Waals surface area contributed by atoms with Crippen LogP contribution in [0.15, 0.2) is 18.2 Å². The van der Waals surface area contributed by atoms with Crippen LogP contribution in [0.4, 0.5) is 4.39 Å². The molecule has 1 aromatic rings. The Bertz CT molecular complexity index is 350. The van der Waals surface area contributed by atoms with E-state index in [4.69, 9.17) is 27.9 Å². The average Bonchev–Trinajstić information content (AvgIpc) is 2.26. The van der Waals surface area contributed by atoms with E-state index in [0.717, 1.165) is 6.42 Å². The van der Waals surface area contributed by atoms with Crippen molar-refractivity contribution in [2.24, 2.45) is 5.92 Å². The molecular formula is C12H13Cl2FO. The number of rotatable bonds is 2. The summed E-state index contributed by atoms with van der Waals surface area (Å²) in [7, 11) is 0. The lowest BCUT2D eigenvalue weighted by atomic mass is 9.93. The highest BCUT2D eigenvalue weighted by molar-refractivity contribution is 6.31. The number of halogens is 3. The van der Waals surface area contributed by atoms with Crippen molar-refractivity contribution < 1.29 is 9.13 Å². The highest BCUT2D eigenvalue weighted by Gasteiger charge is 2.25. The van der Waals surface area contributed by atoms with E-state index in [-0.39, 0.29) is 17.1 Å². The monoisotopic (exact) mass is 262 g/mol. The van der Waals surface area contributed by atoms with Crippen molar-refractivity contribution in [2.75, 3.05) is 13.2 Å². The summed E-state index contributed by atoms with van der Waals surface area (Å²) in [4.78, 5) is 0. The molecule has 1 aliphatic heterocycles. The van der Waals surface area contributed by atoms with Crippen molar-refractivity contribution in [3.8, 4) is 0 Å². The fourth-order valence-electron chi connectivity index (χ4n) is 1.95. The lowest BCUT2D eigenvalue weighted by molar-refractivity contribution is 0.0575. The maximum atomic E-state index is 13.6. The predicted molar refractivity (Wildman–Crippen MR) is 63.7 cm³/mol. The van der Waals surface area contributed by atoms with Gasteiger partial charge in [-0.1, -0.05) is 17.7 Å². The second-order valence-corrected chi connectivity index (χ2v) is 5.01. The van der Waals surface area contributed by atoms with Crippen LogP contribution < -0.4 is 0 Å². The number of alkyl halides is 1. The smallest absolute Gasteiger partial charge is 0.127 e. The molecule has 0 spiro atoms. The Hall–Kier alpha value is -0.310. The van der Waals surface area contributed by atoms with Crippen LogP contribution in [0.2, 0.25) is 5.02 Å². The molecule has 1 heterocycles. The zero-order valence-electron chi connectivity index (χ0n) is 8.76. The lowest BCUT2D eigenvalue weighted by Gasteiger charge is -2.27. The van der Waals surface area contributed by atoms with Gasteiger partial charge in [-0.05, 0) is 25.0 Å².